The Bertz CT molecular complexity index is 401. The number of benzene rings is 1. The lowest BCUT2D eigenvalue weighted by atomic mass is 9.98. The topological polar surface area (TPSA) is 46.5 Å². The second-order valence-corrected chi connectivity index (χ2v) is 4.20. The third-order valence-corrected chi connectivity index (χ3v) is 2.87. The normalized spacial score (nSPS) is 20.1. The molecule has 1 N–H and O–H groups in total. The fourth-order valence-corrected chi connectivity index (χ4v) is 1.93. The summed E-state index contributed by atoms with van der Waals surface area (Å²) >= 11 is 3.16. The molecule has 1 aliphatic heterocycles. The second-order valence-electron chi connectivity index (χ2n) is 3.35. The molecule has 4 heteroatoms. The van der Waals surface area contributed by atoms with Crippen LogP contribution in [0.1, 0.15) is 22.8 Å². The number of carbonyl (C=O) groups is 1. The van der Waals surface area contributed by atoms with Crippen molar-refractivity contribution in [2.24, 2.45) is 0 Å². The summed E-state index contributed by atoms with van der Waals surface area (Å²) in [5.41, 5.74) is 1.13. The van der Waals surface area contributed by atoms with Crippen molar-refractivity contribution in [3.05, 3.63) is 27.7 Å². The van der Waals surface area contributed by atoms with E-state index in [4.69, 9.17) is 4.74 Å². The molecule has 1 atom stereocenters. The minimum atomic E-state index is -0.447. The maximum absolute atomic E-state index is 11.5. The zero-order valence-electron chi connectivity index (χ0n) is 7.58. The number of aromatic hydroxyl groups is 1. The molecule has 0 saturated carbocycles. The first-order valence-corrected chi connectivity index (χ1v) is 5.10. The van der Waals surface area contributed by atoms with Crippen LogP contribution in [0.5, 0.6) is 5.75 Å². The van der Waals surface area contributed by atoms with E-state index in [1.165, 1.54) is 0 Å². The summed E-state index contributed by atoms with van der Waals surface area (Å²) < 4.78 is 5.55. The molecule has 0 bridgehead atoms. The van der Waals surface area contributed by atoms with Gasteiger partial charge in [-0.25, -0.2) is 4.79 Å². The molecule has 0 fully saturated rings. The zero-order valence-corrected chi connectivity index (χ0v) is 9.17. The maximum Gasteiger partial charge on any atom is 0.342 e. The van der Waals surface area contributed by atoms with Crippen molar-refractivity contribution in [1.82, 2.24) is 0 Å². The number of ether oxygens (including phenoxy) is 1. The van der Waals surface area contributed by atoms with Gasteiger partial charge in [-0.15, -0.1) is 0 Å². The van der Waals surface area contributed by atoms with E-state index >= 15 is 0 Å². The summed E-state index contributed by atoms with van der Waals surface area (Å²) in [4.78, 5) is 11.5. The smallest absolute Gasteiger partial charge is 0.342 e. The van der Waals surface area contributed by atoms with E-state index in [1.807, 2.05) is 13.0 Å². The number of halogens is 1. The van der Waals surface area contributed by atoms with Gasteiger partial charge < -0.3 is 9.84 Å². The predicted octanol–water partition coefficient (Wildman–Crippen LogP) is 2.26. The number of hydrogen-bond acceptors (Lipinski definition) is 3. The van der Waals surface area contributed by atoms with Crippen LogP contribution in [-0.4, -0.2) is 17.2 Å². The van der Waals surface area contributed by atoms with Gasteiger partial charge in [-0.3, -0.25) is 0 Å². The summed E-state index contributed by atoms with van der Waals surface area (Å²) in [7, 11) is 0. The van der Waals surface area contributed by atoms with Crippen LogP contribution in [0.2, 0.25) is 0 Å². The average Bonchev–Trinajstić information content (AvgIpc) is 2.10. The standard InChI is InChI=1S/C10H9BrO3/c1-5-4-6-2-3-7(11)9(12)8(6)10(13)14-5/h2-3,5,12H,4H2,1H3. The monoisotopic (exact) mass is 256 g/mol. The molecule has 0 saturated heterocycles. The number of phenolic OH excluding ortho intramolecular Hbond substituents is 1. The first-order valence-electron chi connectivity index (χ1n) is 4.31. The Morgan fingerprint density at radius 3 is 3.00 bits per heavy atom. The number of carbonyl (C=O) groups excluding carboxylic acids is 1. The molecule has 14 heavy (non-hydrogen) atoms. The lowest BCUT2D eigenvalue weighted by Gasteiger charge is -2.22. The van der Waals surface area contributed by atoms with Crippen molar-refractivity contribution >= 4 is 21.9 Å². The van der Waals surface area contributed by atoms with Crippen molar-refractivity contribution in [3.8, 4) is 5.75 Å². The molecule has 74 valence electrons. The highest BCUT2D eigenvalue weighted by atomic mass is 79.9. The summed E-state index contributed by atoms with van der Waals surface area (Å²) in [6.45, 7) is 1.83. The molecule has 0 aliphatic carbocycles. The van der Waals surface area contributed by atoms with Crippen molar-refractivity contribution in [2.45, 2.75) is 19.4 Å². The van der Waals surface area contributed by atoms with Gasteiger partial charge in [-0.05, 0) is 34.5 Å². The van der Waals surface area contributed by atoms with Crippen LogP contribution in [0.25, 0.3) is 0 Å². The van der Waals surface area contributed by atoms with Crippen LogP contribution in [0.3, 0.4) is 0 Å². The number of cyclic esters (lactones) is 1. The van der Waals surface area contributed by atoms with E-state index in [2.05, 4.69) is 15.9 Å². The van der Waals surface area contributed by atoms with E-state index in [0.29, 0.717) is 10.9 Å². The Morgan fingerprint density at radius 2 is 2.29 bits per heavy atom. The molecule has 3 nitrogen and oxygen atoms in total. The van der Waals surface area contributed by atoms with E-state index in [-0.39, 0.29) is 17.4 Å². The van der Waals surface area contributed by atoms with Crippen molar-refractivity contribution < 1.29 is 14.6 Å². The summed E-state index contributed by atoms with van der Waals surface area (Å²) in [6.07, 6.45) is 0.539. The Hall–Kier alpha value is -1.03. The van der Waals surface area contributed by atoms with Gasteiger partial charge in [-0.2, -0.15) is 0 Å². The highest BCUT2D eigenvalue weighted by Gasteiger charge is 2.27. The largest absolute Gasteiger partial charge is 0.506 e. The Balaban J connectivity index is 2.60. The zero-order chi connectivity index (χ0) is 10.3. The van der Waals surface area contributed by atoms with Crippen LogP contribution in [-0.2, 0) is 11.2 Å². The predicted molar refractivity (Wildman–Crippen MR) is 54.4 cm³/mol. The molecular weight excluding hydrogens is 248 g/mol. The molecule has 1 aromatic carbocycles. The SMILES string of the molecule is CC1Cc2ccc(Br)c(O)c2C(=O)O1. The van der Waals surface area contributed by atoms with Gasteiger partial charge >= 0.3 is 5.97 Å². The van der Waals surface area contributed by atoms with Gasteiger partial charge in [-0.1, -0.05) is 6.07 Å². The minimum absolute atomic E-state index is 0.0283. The van der Waals surface area contributed by atoms with Gasteiger partial charge in [0.25, 0.3) is 0 Å². The van der Waals surface area contributed by atoms with Crippen LogP contribution < -0.4 is 0 Å². The molecule has 0 spiro atoms. The number of rotatable bonds is 0. The quantitative estimate of drug-likeness (QED) is 0.725. The third-order valence-electron chi connectivity index (χ3n) is 2.23. The van der Waals surface area contributed by atoms with E-state index in [1.54, 1.807) is 6.07 Å². The minimum Gasteiger partial charge on any atom is -0.506 e. The average molecular weight is 257 g/mol. The lowest BCUT2D eigenvalue weighted by Crippen LogP contribution is -2.25. The first kappa shape index (κ1) is 9.52. The van der Waals surface area contributed by atoms with Gasteiger partial charge in [0.2, 0.25) is 0 Å². The Kier molecular flexibility index (Phi) is 2.23. The highest BCUT2D eigenvalue weighted by molar-refractivity contribution is 9.10. The van der Waals surface area contributed by atoms with E-state index in [0.717, 1.165) is 5.56 Å². The fraction of sp³-hybridized carbons (Fsp3) is 0.300. The fourth-order valence-electron chi connectivity index (χ4n) is 1.60. The van der Waals surface area contributed by atoms with Crippen LogP contribution in [0, 0.1) is 0 Å². The van der Waals surface area contributed by atoms with Crippen molar-refractivity contribution in [1.29, 1.82) is 0 Å². The van der Waals surface area contributed by atoms with Gasteiger partial charge in [0.15, 0.2) is 0 Å². The number of esters is 1. The molecule has 1 heterocycles. The van der Waals surface area contributed by atoms with E-state index < -0.39 is 5.97 Å². The first-order chi connectivity index (χ1) is 6.59. The number of fused-ring (bicyclic) bond motifs is 1. The number of phenols is 1. The van der Waals surface area contributed by atoms with Gasteiger partial charge in [0, 0.05) is 6.42 Å². The van der Waals surface area contributed by atoms with E-state index in [9.17, 15) is 9.90 Å². The van der Waals surface area contributed by atoms with Crippen LogP contribution in [0.15, 0.2) is 16.6 Å². The molecule has 1 unspecified atom stereocenters. The lowest BCUT2D eigenvalue weighted by molar-refractivity contribution is 0.0297. The molecular formula is C10H9BrO3. The molecule has 1 aromatic rings. The second kappa shape index (κ2) is 3.28. The van der Waals surface area contributed by atoms with Crippen LogP contribution in [0.4, 0.5) is 0 Å². The Labute approximate surface area is 89.8 Å². The molecule has 1 aliphatic rings. The summed E-state index contributed by atoms with van der Waals surface area (Å²) in [6, 6.07) is 3.57. The summed E-state index contributed by atoms with van der Waals surface area (Å²) in [5.74, 6) is -0.475. The van der Waals surface area contributed by atoms with Crippen molar-refractivity contribution in [3.63, 3.8) is 0 Å². The number of hydrogen-bond donors (Lipinski definition) is 1. The maximum atomic E-state index is 11.5. The molecule has 0 amide bonds. The van der Waals surface area contributed by atoms with Gasteiger partial charge in [0.05, 0.1) is 4.47 Å². The van der Waals surface area contributed by atoms with Crippen molar-refractivity contribution in [2.75, 3.05) is 0 Å². The highest BCUT2D eigenvalue weighted by Crippen LogP contribution is 2.34. The Morgan fingerprint density at radius 1 is 1.57 bits per heavy atom. The molecule has 0 aromatic heterocycles. The van der Waals surface area contributed by atoms with Crippen LogP contribution >= 0.6 is 15.9 Å². The third kappa shape index (κ3) is 1.39. The molecule has 0 radical (unpaired) electrons. The summed E-state index contributed by atoms with van der Waals surface area (Å²) in [5, 5.41) is 9.65. The molecule has 2 rings (SSSR count). The van der Waals surface area contributed by atoms with Gasteiger partial charge in [0.1, 0.15) is 17.4 Å².